The van der Waals surface area contributed by atoms with Crippen LogP contribution in [0.25, 0.3) is 0 Å². The molecule has 0 aliphatic rings. The minimum absolute atomic E-state index is 0.0215. The quantitative estimate of drug-likeness (QED) is 0.897. The van der Waals surface area contributed by atoms with Crippen molar-refractivity contribution in [3.05, 3.63) is 52.8 Å². The fourth-order valence-corrected chi connectivity index (χ4v) is 1.67. The van der Waals surface area contributed by atoms with Crippen LogP contribution >= 0.6 is 11.6 Å². The Morgan fingerprint density at radius 3 is 2.63 bits per heavy atom. The monoisotopic (exact) mass is 273 g/mol. The SMILES string of the molecule is N#Cc1ccc(Nc2ccc(Cl)c(C(=O)O)c2)cn1. The van der Waals surface area contributed by atoms with E-state index in [1.54, 1.807) is 18.2 Å². The summed E-state index contributed by atoms with van der Waals surface area (Å²) in [6.45, 7) is 0. The molecule has 0 aliphatic carbocycles. The van der Waals surface area contributed by atoms with Crippen LogP contribution in [-0.4, -0.2) is 16.1 Å². The van der Waals surface area contributed by atoms with Crippen LogP contribution in [0.15, 0.2) is 36.5 Å². The number of nitrogens with zero attached hydrogens (tertiary/aromatic N) is 2. The molecule has 2 aromatic rings. The Balaban J connectivity index is 2.25. The number of carboxylic acids is 1. The summed E-state index contributed by atoms with van der Waals surface area (Å²) in [5, 5.41) is 20.8. The molecular weight excluding hydrogens is 266 g/mol. The zero-order valence-electron chi connectivity index (χ0n) is 9.59. The minimum Gasteiger partial charge on any atom is -0.478 e. The van der Waals surface area contributed by atoms with Gasteiger partial charge in [0.2, 0.25) is 0 Å². The van der Waals surface area contributed by atoms with E-state index in [1.807, 2.05) is 6.07 Å². The highest BCUT2D eigenvalue weighted by molar-refractivity contribution is 6.33. The van der Waals surface area contributed by atoms with Gasteiger partial charge < -0.3 is 10.4 Å². The average molecular weight is 274 g/mol. The first-order valence-corrected chi connectivity index (χ1v) is 5.64. The van der Waals surface area contributed by atoms with E-state index in [1.165, 1.54) is 18.3 Å². The van der Waals surface area contributed by atoms with E-state index in [0.717, 1.165) is 0 Å². The molecule has 94 valence electrons. The molecule has 0 saturated heterocycles. The van der Waals surface area contributed by atoms with Crippen LogP contribution < -0.4 is 5.32 Å². The van der Waals surface area contributed by atoms with Crippen LogP contribution in [0, 0.1) is 11.3 Å². The molecule has 0 fully saturated rings. The van der Waals surface area contributed by atoms with Gasteiger partial charge in [0.15, 0.2) is 0 Å². The highest BCUT2D eigenvalue weighted by Crippen LogP contribution is 2.23. The fourth-order valence-electron chi connectivity index (χ4n) is 1.47. The number of aromatic nitrogens is 1. The molecule has 6 heteroatoms. The predicted octanol–water partition coefficient (Wildman–Crippen LogP) is 3.05. The van der Waals surface area contributed by atoms with E-state index in [-0.39, 0.29) is 10.6 Å². The fraction of sp³-hybridized carbons (Fsp3) is 0. The standard InChI is InChI=1S/C13H8ClN3O2/c14-12-4-3-8(5-11(12)13(18)19)17-10-2-1-9(6-15)16-7-10/h1-5,7,17H,(H,18,19). The van der Waals surface area contributed by atoms with Gasteiger partial charge in [0, 0.05) is 5.69 Å². The summed E-state index contributed by atoms with van der Waals surface area (Å²) in [4.78, 5) is 14.9. The van der Waals surface area contributed by atoms with Crippen LogP contribution in [-0.2, 0) is 0 Å². The number of pyridine rings is 1. The number of rotatable bonds is 3. The lowest BCUT2D eigenvalue weighted by Crippen LogP contribution is -1.99. The summed E-state index contributed by atoms with van der Waals surface area (Å²) in [6, 6.07) is 9.76. The molecule has 0 saturated carbocycles. The van der Waals surface area contributed by atoms with Gasteiger partial charge in [0.25, 0.3) is 0 Å². The molecule has 0 spiro atoms. The molecule has 19 heavy (non-hydrogen) atoms. The van der Waals surface area contributed by atoms with Crippen molar-refractivity contribution in [2.45, 2.75) is 0 Å². The third-order valence-corrected chi connectivity index (χ3v) is 2.69. The molecule has 0 aliphatic heterocycles. The Morgan fingerprint density at radius 1 is 1.32 bits per heavy atom. The molecule has 5 nitrogen and oxygen atoms in total. The van der Waals surface area contributed by atoms with Gasteiger partial charge in [0.05, 0.1) is 22.5 Å². The molecule has 0 bridgehead atoms. The Morgan fingerprint density at radius 2 is 2.05 bits per heavy atom. The van der Waals surface area contributed by atoms with Crippen molar-refractivity contribution >= 4 is 28.9 Å². The molecule has 1 aromatic heterocycles. The summed E-state index contributed by atoms with van der Waals surface area (Å²) in [6.07, 6.45) is 1.49. The third kappa shape index (κ3) is 3.00. The summed E-state index contributed by atoms with van der Waals surface area (Å²) >= 11 is 5.78. The van der Waals surface area contributed by atoms with Crippen LogP contribution in [0.2, 0.25) is 5.02 Å². The number of nitrogens with one attached hydrogen (secondary N) is 1. The van der Waals surface area contributed by atoms with Crippen molar-refractivity contribution in [1.29, 1.82) is 5.26 Å². The predicted molar refractivity (Wildman–Crippen MR) is 70.6 cm³/mol. The summed E-state index contributed by atoms with van der Waals surface area (Å²) in [5.41, 5.74) is 1.56. The largest absolute Gasteiger partial charge is 0.478 e. The van der Waals surface area contributed by atoms with E-state index in [4.69, 9.17) is 22.0 Å². The van der Waals surface area contributed by atoms with Gasteiger partial charge in [-0.1, -0.05) is 11.6 Å². The highest BCUT2D eigenvalue weighted by Gasteiger charge is 2.09. The number of benzene rings is 1. The van der Waals surface area contributed by atoms with Gasteiger partial charge in [-0.2, -0.15) is 5.26 Å². The topological polar surface area (TPSA) is 86.0 Å². The Bertz CT molecular complexity index is 663. The van der Waals surface area contributed by atoms with Gasteiger partial charge in [-0.3, -0.25) is 0 Å². The molecule has 0 radical (unpaired) electrons. The van der Waals surface area contributed by atoms with Crippen molar-refractivity contribution in [3.63, 3.8) is 0 Å². The van der Waals surface area contributed by atoms with Crippen molar-refractivity contribution < 1.29 is 9.90 Å². The molecule has 1 heterocycles. The van der Waals surface area contributed by atoms with Gasteiger partial charge in [-0.15, -0.1) is 0 Å². The average Bonchev–Trinajstić information content (AvgIpc) is 2.41. The Labute approximate surface area is 114 Å². The zero-order valence-corrected chi connectivity index (χ0v) is 10.3. The highest BCUT2D eigenvalue weighted by atomic mass is 35.5. The first-order valence-electron chi connectivity index (χ1n) is 5.26. The Kier molecular flexibility index (Phi) is 3.64. The van der Waals surface area contributed by atoms with Crippen molar-refractivity contribution in [2.24, 2.45) is 0 Å². The van der Waals surface area contributed by atoms with E-state index in [2.05, 4.69) is 10.3 Å². The maximum absolute atomic E-state index is 10.9. The molecule has 0 unspecified atom stereocenters. The Hall–Kier alpha value is -2.58. The van der Waals surface area contributed by atoms with Gasteiger partial charge in [-0.05, 0) is 30.3 Å². The maximum Gasteiger partial charge on any atom is 0.337 e. The van der Waals surface area contributed by atoms with Crippen molar-refractivity contribution in [2.75, 3.05) is 5.32 Å². The summed E-state index contributed by atoms with van der Waals surface area (Å²) in [7, 11) is 0. The number of carboxylic acid groups (broad SMARTS) is 1. The number of carbonyl (C=O) groups is 1. The molecule has 0 amide bonds. The molecule has 2 N–H and O–H groups in total. The normalized spacial score (nSPS) is 9.68. The second-order valence-corrected chi connectivity index (χ2v) is 4.08. The molecular formula is C13H8ClN3O2. The smallest absolute Gasteiger partial charge is 0.337 e. The van der Waals surface area contributed by atoms with E-state index in [0.29, 0.717) is 17.1 Å². The van der Waals surface area contributed by atoms with Gasteiger partial charge >= 0.3 is 5.97 Å². The van der Waals surface area contributed by atoms with E-state index < -0.39 is 5.97 Å². The number of anilines is 2. The number of hydrogen-bond acceptors (Lipinski definition) is 4. The third-order valence-electron chi connectivity index (χ3n) is 2.36. The number of aromatic carboxylic acids is 1. The van der Waals surface area contributed by atoms with Crippen LogP contribution in [0.1, 0.15) is 16.1 Å². The van der Waals surface area contributed by atoms with Crippen LogP contribution in [0.4, 0.5) is 11.4 Å². The van der Waals surface area contributed by atoms with Gasteiger partial charge in [0.1, 0.15) is 11.8 Å². The van der Waals surface area contributed by atoms with Crippen LogP contribution in [0.3, 0.4) is 0 Å². The van der Waals surface area contributed by atoms with E-state index in [9.17, 15) is 4.79 Å². The molecule has 2 rings (SSSR count). The maximum atomic E-state index is 10.9. The number of hydrogen-bond donors (Lipinski definition) is 2. The second kappa shape index (κ2) is 5.38. The molecule has 0 atom stereocenters. The van der Waals surface area contributed by atoms with Crippen molar-refractivity contribution in [3.8, 4) is 6.07 Å². The first kappa shape index (κ1) is 12.9. The number of halogens is 1. The minimum atomic E-state index is -1.09. The summed E-state index contributed by atoms with van der Waals surface area (Å²) < 4.78 is 0. The second-order valence-electron chi connectivity index (χ2n) is 3.67. The summed E-state index contributed by atoms with van der Waals surface area (Å²) in [5.74, 6) is -1.09. The number of nitriles is 1. The first-order chi connectivity index (χ1) is 9.10. The lowest BCUT2D eigenvalue weighted by Gasteiger charge is -2.07. The van der Waals surface area contributed by atoms with Crippen molar-refractivity contribution in [1.82, 2.24) is 4.98 Å². The van der Waals surface area contributed by atoms with E-state index >= 15 is 0 Å². The van der Waals surface area contributed by atoms with Gasteiger partial charge in [-0.25, -0.2) is 9.78 Å². The molecule has 1 aromatic carbocycles. The lowest BCUT2D eigenvalue weighted by atomic mass is 10.2. The zero-order chi connectivity index (χ0) is 13.8. The lowest BCUT2D eigenvalue weighted by molar-refractivity contribution is 0.0697. The van der Waals surface area contributed by atoms with Crippen LogP contribution in [0.5, 0.6) is 0 Å².